The molecule has 0 radical (unpaired) electrons. The van der Waals surface area contributed by atoms with E-state index in [2.05, 4.69) is 20.3 Å². The second kappa shape index (κ2) is 8.75. The van der Waals surface area contributed by atoms with E-state index >= 15 is 0 Å². The second-order valence-electron chi connectivity index (χ2n) is 8.00. The number of hydrogen-bond donors (Lipinski definition) is 1. The predicted octanol–water partition coefficient (Wildman–Crippen LogP) is 4.85. The summed E-state index contributed by atoms with van der Waals surface area (Å²) in [6.07, 6.45) is 9.97. The lowest BCUT2D eigenvalue weighted by Crippen LogP contribution is -2.29. The van der Waals surface area contributed by atoms with Crippen LogP contribution in [0.25, 0.3) is 0 Å². The van der Waals surface area contributed by atoms with Gasteiger partial charge in [-0.2, -0.15) is 0 Å². The van der Waals surface area contributed by atoms with Crippen molar-refractivity contribution in [3.05, 3.63) is 65.1 Å². The van der Waals surface area contributed by atoms with Crippen LogP contribution in [0.1, 0.15) is 31.3 Å². The molecule has 31 heavy (non-hydrogen) atoms. The first-order chi connectivity index (χ1) is 14.9. The molecule has 162 valence electrons. The smallest absolute Gasteiger partial charge is 0.229 e. The minimum atomic E-state index is -0.438. The third-order valence-electron chi connectivity index (χ3n) is 5.98. The van der Waals surface area contributed by atoms with Gasteiger partial charge in [0.1, 0.15) is 17.5 Å². The zero-order valence-electron chi connectivity index (χ0n) is 17.4. The molecule has 1 amide bonds. The molecule has 1 unspecified atom stereocenters. The lowest BCUT2D eigenvalue weighted by molar-refractivity contribution is -0.118. The van der Waals surface area contributed by atoms with Gasteiger partial charge in [0.2, 0.25) is 5.91 Å². The molecular weight excluding hydrogens is 419 g/mol. The number of nitrogens with zero attached hydrogens (tertiary/aromatic N) is 3. The number of rotatable bonds is 7. The van der Waals surface area contributed by atoms with Crippen molar-refractivity contribution in [2.24, 2.45) is 17.3 Å². The Kier molecular flexibility index (Phi) is 6.05. The zero-order chi connectivity index (χ0) is 22.0. The first kappa shape index (κ1) is 21.4. The van der Waals surface area contributed by atoms with Gasteiger partial charge in [-0.25, -0.2) is 19.3 Å². The Balaban J connectivity index is 1.53. The van der Waals surface area contributed by atoms with Gasteiger partial charge in [-0.3, -0.25) is 4.79 Å². The van der Waals surface area contributed by atoms with E-state index in [0.29, 0.717) is 48.3 Å². The highest BCUT2D eigenvalue weighted by atomic mass is 35.5. The fourth-order valence-corrected chi connectivity index (χ4v) is 4.31. The summed E-state index contributed by atoms with van der Waals surface area (Å²) < 4.78 is 19.7. The van der Waals surface area contributed by atoms with Crippen LogP contribution >= 0.6 is 11.6 Å². The topological polar surface area (TPSA) is 77.0 Å². The molecule has 8 heteroatoms. The number of nitrogens with one attached hydrogen (secondary N) is 1. The summed E-state index contributed by atoms with van der Waals surface area (Å²) in [5, 5.41) is 3.35. The molecule has 0 saturated heterocycles. The maximum atomic E-state index is 13.6. The van der Waals surface area contributed by atoms with Crippen molar-refractivity contribution in [2.45, 2.75) is 33.1 Å². The van der Waals surface area contributed by atoms with Crippen LogP contribution in [-0.2, 0) is 11.2 Å². The Morgan fingerprint density at radius 3 is 2.97 bits per heavy atom. The van der Waals surface area contributed by atoms with Crippen LogP contribution in [0.15, 0.2) is 48.6 Å². The monoisotopic (exact) mass is 442 g/mol. The highest BCUT2D eigenvalue weighted by Crippen LogP contribution is 2.60. The van der Waals surface area contributed by atoms with Crippen LogP contribution < -0.4 is 10.1 Å². The molecule has 1 saturated carbocycles. The molecule has 0 bridgehead atoms. The van der Waals surface area contributed by atoms with Gasteiger partial charge < -0.3 is 10.1 Å². The first-order valence-electron chi connectivity index (χ1n) is 10.3. The number of carbonyl (C=O) groups is 1. The van der Waals surface area contributed by atoms with Crippen LogP contribution in [0.3, 0.4) is 0 Å². The molecular formula is C23H24ClFN4O2. The first-order valence-corrected chi connectivity index (χ1v) is 10.7. The van der Waals surface area contributed by atoms with Gasteiger partial charge in [0.25, 0.3) is 0 Å². The van der Waals surface area contributed by atoms with E-state index in [4.69, 9.17) is 16.3 Å². The second-order valence-corrected chi connectivity index (χ2v) is 8.44. The normalized spacial score (nSPS) is 24.5. The lowest BCUT2D eigenvalue weighted by Gasteiger charge is -2.27. The molecule has 0 aliphatic heterocycles. The molecule has 3 atom stereocenters. The average Bonchev–Trinajstić information content (AvgIpc) is 3.49. The summed E-state index contributed by atoms with van der Waals surface area (Å²) in [6.45, 7) is 4.16. The number of aryl methyl sites for hydroxylation is 2. The third-order valence-corrected chi connectivity index (χ3v) is 6.22. The van der Waals surface area contributed by atoms with Crippen molar-refractivity contribution < 1.29 is 13.9 Å². The summed E-state index contributed by atoms with van der Waals surface area (Å²) in [4.78, 5) is 25.8. The quantitative estimate of drug-likeness (QED) is 0.663. The highest BCUT2D eigenvalue weighted by Gasteiger charge is 2.62. The molecule has 2 aromatic heterocycles. The van der Waals surface area contributed by atoms with Gasteiger partial charge in [0.15, 0.2) is 5.75 Å². The Morgan fingerprint density at radius 1 is 1.42 bits per heavy atom. The number of aromatic nitrogens is 3. The summed E-state index contributed by atoms with van der Waals surface area (Å²) in [5.74, 6) is 1.03. The fraction of sp³-hybridized carbons (Fsp3) is 0.391. The molecule has 2 aromatic rings. The third kappa shape index (κ3) is 4.61. The summed E-state index contributed by atoms with van der Waals surface area (Å²) in [5.41, 5.74) is 0.393. The summed E-state index contributed by atoms with van der Waals surface area (Å²) in [6, 6.07) is 3.25. The number of hydrogen-bond acceptors (Lipinski definition) is 5. The van der Waals surface area contributed by atoms with E-state index in [1.54, 1.807) is 30.6 Å². The standard InChI is InChI=1S/C23H24ClFN4O2/c1-3-19-20(12-27-14(2)28-19)31-13-23(15-4-6-17(25)7-5-15)11-18(23)22(30)29-21-10-16(24)8-9-26-21/h4,6-10,12,15,18H,3,5,11,13H2,1-2H3,(H,26,29,30)/t15?,18-,23+/m0/s1. The number of allylic oxidation sites excluding steroid dienone is 4. The Labute approximate surface area is 185 Å². The molecule has 0 aromatic carbocycles. The number of carbonyl (C=O) groups excluding carboxylic acids is 1. The zero-order valence-corrected chi connectivity index (χ0v) is 18.2. The van der Waals surface area contributed by atoms with E-state index in [9.17, 15) is 9.18 Å². The van der Waals surface area contributed by atoms with Crippen LogP contribution in [0.2, 0.25) is 5.02 Å². The molecule has 2 heterocycles. The Hall–Kier alpha value is -2.80. The number of anilines is 1. The number of pyridine rings is 1. The number of ether oxygens (including phenoxy) is 1. The van der Waals surface area contributed by atoms with E-state index in [1.807, 2.05) is 19.9 Å². The molecule has 4 rings (SSSR count). The molecule has 2 aliphatic rings. The van der Waals surface area contributed by atoms with Gasteiger partial charge in [-0.15, -0.1) is 0 Å². The Morgan fingerprint density at radius 2 is 2.26 bits per heavy atom. The lowest BCUT2D eigenvalue weighted by atomic mass is 9.82. The SMILES string of the molecule is CCc1nc(C)ncc1OC[C@@]1(C2C=CC(F)=CC2)C[C@H]1C(=O)Nc1cc(Cl)ccn1. The van der Waals surface area contributed by atoms with Crippen LogP contribution in [0.5, 0.6) is 5.75 Å². The predicted molar refractivity (Wildman–Crippen MR) is 116 cm³/mol. The molecule has 0 spiro atoms. The number of amides is 1. The molecule has 1 N–H and O–H groups in total. The summed E-state index contributed by atoms with van der Waals surface area (Å²) >= 11 is 6.00. The van der Waals surface area contributed by atoms with Crippen molar-refractivity contribution in [1.29, 1.82) is 0 Å². The minimum Gasteiger partial charge on any atom is -0.489 e. The van der Waals surface area contributed by atoms with Crippen LogP contribution in [0, 0.1) is 24.2 Å². The van der Waals surface area contributed by atoms with Crippen molar-refractivity contribution in [3.8, 4) is 5.75 Å². The van der Waals surface area contributed by atoms with Gasteiger partial charge >= 0.3 is 0 Å². The minimum absolute atomic E-state index is 0.00786. The molecule has 6 nitrogen and oxygen atoms in total. The van der Waals surface area contributed by atoms with Gasteiger partial charge in [0.05, 0.1) is 18.5 Å². The molecule has 1 fully saturated rings. The molecule has 2 aliphatic carbocycles. The number of halogens is 2. The van der Waals surface area contributed by atoms with Crippen molar-refractivity contribution in [1.82, 2.24) is 15.0 Å². The summed E-state index contributed by atoms with van der Waals surface area (Å²) in [7, 11) is 0. The van der Waals surface area contributed by atoms with Gasteiger partial charge in [-0.05, 0) is 56.4 Å². The van der Waals surface area contributed by atoms with Crippen LogP contribution in [-0.4, -0.2) is 27.5 Å². The van der Waals surface area contributed by atoms with Crippen LogP contribution in [0.4, 0.5) is 10.2 Å². The Bertz CT molecular complexity index is 1060. The van der Waals surface area contributed by atoms with E-state index < -0.39 is 5.41 Å². The average molecular weight is 443 g/mol. The van der Waals surface area contributed by atoms with E-state index in [1.165, 1.54) is 6.08 Å². The van der Waals surface area contributed by atoms with E-state index in [-0.39, 0.29) is 23.6 Å². The maximum Gasteiger partial charge on any atom is 0.229 e. The maximum absolute atomic E-state index is 13.6. The van der Waals surface area contributed by atoms with Crippen molar-refractivity contribution in [2.75, 3.05) is 11.9 Å². The van der Waals surface area contributed by atoms with Crippen molar-refractivity contribution >= 4 is 23.3 Å². The van der Waals surface area contributed by atoms with Gasteiger partial charge in [0, 0.05) is 22.6 Å². The fourth-order valence-electron chi connectivity index (χ4n) is 4.15. The van der Waals surface area contributed by atoms with Crippen molar-refractivity contribution in [3.63, 3.8) is 0 Å². The highest BCUT2D eigenvalue weighted by molar-refractivity contribution is 6.30. The van der Waals surface area contributed by atoms with Gasteiger partial charge in [-0.1, -0.05) is 24.6 Å². The van der Waals surface area contributed by atoms with E-state index in [0.717, 1.165) is 5.69 Å². The largest absolute Gasteiger partial charge is 0.489 e.